The molecule has 4 atom stereocenters. The fraction of sp³-hybridized carbons (Fsp3) is 1.00. The Morgan fingerprint density at radius 3 is 2.14 bits per heavy atom. The van der Waals surface area contributed by atoms with Crippen LogP contribution < -0.4 is 0 Å². The van der Waals surface area contributed by atoms with Gasteiger partial charge in [0.2, 0.25) is 0 Å². The van der Waals surface area contributed by atoms with Crippen molar-refractivity contribution in [2.45, 2.75) is 73.3 Å². The number of hydrogen-bond acceptors (Lipinski definition) is 1. The van der Waals surface area contributed by atoms with E-state index in [-0.39, 0.29) is 0 Å². The summed E-state index contributed by atoms with van der Waals surface area (Å²) in [4.78, 5) is 1.48. The minimum absolute atomic E-state index is 0.402. The van der Waals surface area contributed by atoms with Crippen molar-refractivity contribution < 1.29 is 4.74 Å². The van der Waals surface area contributed by atoms with Gasteiger partial charge in [-0.2, -0.15) is 0 Å². The van der Waals surface area contributed by atoms with Gasteiger partial charge in [0.05, 0.1) is 11.4 Å². The second kappa shape index (κ2) is 15.4. The van der Waals surface area contributed by atoms with E-state index in [4.69, 9.17) is 4.74 Å². The molecule has 0 heterocycles. The van der Waals surface area contributed by atoms with Gasteiger partial charge in [-0.3, -0.25) is 0 Å². The molecule has 0 rings (SSSR count). The topological polar surface area (TPSA) is 9.23 Å². The predicted molar refractivity (Wildman–Crippen MR) is 110 cm³/mol. The van der Waals surface area contributed by atoms with Crippen LogP contribution in [0.5, 0.6) is 0 Å². The molecule has 0 amide bonds. The molecular weight excluding hydrogens is 528 g/mol. The van der Waals surface area contributed by atoms with Crippen molar-refractivity contribution in [3.05, 3.63) is 0 Å². The minimum atomic E-state index is 0.402. The highest BCUT2D eigenvalue weighted by atomic mass is 79.9. The van der Waals surface area contributed by atoms with Gasteiger partial charge in [0, 0.05) is 21.6 Å². The highest BCUT2D eigenvalue weighted by molar-refractivity contribution is 9.12. The number of unbranched alkanes of at least 4 members (excludes halogenated alkanes) is 1. The molecular formula is C16H30Br4O. The van der Waals surface area contributed by atoms with E-state index >= 15 is 0 Å². The summed E-state index contributed by atoms with van der Waals surface area (Å²) in [6.07, 6.45) is 8.75. The number of ether oxygens (including phenoxy) is 1. The predicted octanol–water partition coefficient (Wildman–Crippen LogP) is 7.08. The van der Waals surface area contributed by atoms with Gasteiger partial charge in [0.1, 0.15) is 0 Å². The molecule has 0 radical (unpaired) electrons. The molecule has 5 heteroatoms. The normalized spacial score (nSPS) is 17.4. The van der Waals surface area contributed by atoms with Gasteiger partial charge in [0.15, 0.2) is 0 Å². The van der Waals surface area contributed by atoms with E-state index in [2.05, 4.69) is 77.6 Å². The van der Waals surface area contributed by atoms with Crippen LogP contribution in [0.3, 0.4) is 0 Å². The Balaban J connectivity index is 3.73. The van der Waals surface area contributed by atoms with E-state index in [1.807, 2.05) is 0 Å². The fourth-order valence-corrected chi connectivity index (χ4v) is 3.72. The first-order valence-electron chi connectivity index (χ1n) is 8.10. The van der Waals surface area contributed by atoms with Gasteiger partial charge in [-0.05, 0) is 25.2 Å². The molecule has 0 aromatic carbocycles. The SMILES string of the molecule is CCCCC(CC)COCC(Br)C(Br)CCCC(Br)CBr. The zero-order chi connectivity index (χ0) is 16.1. The molecule has 0 saturated heterocycles. The highest BCUT2D eigenvalue weighted by Crippen LogP contribution is 2.23. The molecule has 0 spiro atoms. The Hall–Kier alpha value is 1.88. The first-order chi connectivity index (χ1) is 10.0. The lowest BCUT2D eigenvalue weighted by atomic mass is 10.0. The van der Waals surface area contributed by atoms with Crippen LogP contribution in [0, 0.1) is 5.92 Å². The summed E-state index contributed by atoms with van der Waals surface area (Å²) in [5.74, 6) is 0.728. The number of rotatable bonds is 14. The van der Waals surface area contributed by atoms with Gasteiger partial charge in [-0.25, -0.2) is 0 Å². The summed E-state index contributed by atoms with van der Waals surface area (Å²) in [5, 5.41) is 1.02. The van der Waals surface area contributed by atoms with E-state index in [0.29, 0.717) is 14.5 Å². The molecule has 0 saturated carbocycles. The standard InChI is InChI=1S/C16H30Br4O/c1-3-5-7-13(4-2)11-21-12-16(20)15(19)9-6-8-14(18)10-17/h13-16H,3-12H2,1-2H3. The molecule has 21 heavy (non-hydrogen) atoms. The van der Waals surface area contributed by atoms with Crippen molar-refractivity contribution in [1.29, 1.82) is 0 Å². The lowest BCUT2D eigenvalue weighted by Crippen LogP contribution is -2.22. The van der Waals surface area contributed by atoms with E-state index in [0.717, 1.165) is 24.5 Å². The van der Waals surface area contributed by atoms with Crippen LogP contribution in [-0.2, 0) is 4.74 Å². The lowest BCUT2D eigenvalue weighted by Gasteiger charge is -2.20. The molecule has 4 unspecified atom stereocenters. The largest absolute Gasteiger partial charge is 0.380 e. The first-order valence-corrected chi connectivity index (χ1v) is 12.0. The van der Waals surface area contributed by atoms with Gasteiger partial charge in [-0.15, -0.1) is 0 Å². The molecule has 0 aliphatic heterocycles. The first kappa shape index (κ1) is 22.9. The van der Waals surface area contributed by atoms with Crippen LogP contribution >= 0.6 is 63.7 Å². The van der Waals surface area contributed by atoms with Crippen LogP contribution in [0.15, 0.2) is 0 Å². The number of alkyl halides is 4. The maximum atomic E-state index is 5.92. The Labute approximate surface area is 165 Å². The van der Waals surface area contributed by atoms with Gasteiger partial charge < -0.3 is 4.74 Å². The van der Waals surface area contributed by atoms with Crippen LogP contribution in [0.1, 0.15) is 58.8 Å². The zero-order valence-electron chi connectivity index (χ0n) is 13.3. The van der Waals surface area contributed by atoms with E-state index in [9.17, 15) is 0 Å². The second-order valence-corrected chi connectivity index (χ2v) is 9.96. The quantitative estimate of drug-likeness (QED) is 0.207. The Bertz CT molecular complexity index is 228. The molecule has 0 N–H and O–H groups in total. The molecule has 0 bridgehead atoms. The van der Waals surface area contributed by atoms with Crippen molar-refractivity contribution in [1.82, 2.24) is 0 Å². The summed E-state index contributed by atoms with van der Waals surface area (Å²) in [5.41, 5.74) is 0. The van der Waals surface area contributed by atoms with Crippen LogP contribution in [0.25, 0.3) is 0 Å². The van der Waals surface area contributed by atoms with Crippen LogP contribution in [0.2, 0.25) is 0 Å². The van der Waals surface area contributed by atoms with Crippen LogP contribution in [-0.4, -0.2) is 33.0 Å². The van der Waals surface area contributed by atoms with Crippen molar-refractivity contribution >= 4 is 63.7 Å². The molecule has 0 fully saturated rings. The molecule has 0 aliphatic carbocycles. The average molecular weight is 558 g/mol. The van der Waals surface area contributed by atoms with Crippen molar-refractivity contribution in [3.8, 4) is 0 Å². The third-order valence-electron chi connectivity index (χ3n) is 3.73. The molecule has 0 aromatic rings. The lowest BCUT2D eigenvalue weighted by molar-refractivity contribution is 0.0953. The Kier molecular flexibility index (Phi) is 16.8. The smallest absolute Gasteiger partial charge is 0.0602 e. The monoisotopic (exact) mass is 554 g/mol. The van der Waals surface area contributed by atoms with E-state index in [1.54, 1.807) is 0 Å². The Morgan fingerprint density at radius 2 is 1.57 bits per heavy atom. The Morgan fingerprint density at radius 1 is 0.857 bits per heavy atom. The fourth-order valence-electron chi connectivity index (χ4n) is 2.14. The molecule has 0 aromatic heterocycles. The summed E-state index contributed by atoms with van der Waals surface area (Å²) >= 11 is 14.7. The highest BCUT2D eigenvalue weighted by Gasteiger charge is 2.17. The van der Waals surface area contributed by atoms with Crippen LogP contribution in [0.4, 0.5) is 0 Å². The third kappa shape index (κ3) is 12.9. The maximum absolute atomic E-state index is 5.92. The van der Waals surface area contributed by atoms with Crippen molar-refractivity contribution in [2.24, 2.45) is 5.92 Å². The summed E-state index contributed by atoms with van der Waals surface area (Å²) < 4.78 is 5.92. The number of hydrogen-bond donors (Lipinski definition) is 0. The van der Waals surface area contributed by atoms with E-state index < -0.39 is 0 Å². The summed E-state index contributed by atoms with van der Waals surface area (Å²) in [6, 6.07) is 0. The zero-order valence-corrected chi connectivity index (χ0v) is 19.6. The van der Waals surface area contributed by atoms with Gasteiger partial charge in [-0.1, -0.05) is 103 Å². The van der Waals surface area contributed by atoms with Crippen molar-refractivity contribution in [2.75, 3.05) is 18.5 Å². The molecule has 128 valence electrons. The maximum Gasteiger partial charge on any atom is 0.0602 e. The van der Waals surface area contributed by atoms with Gasteiger partial charge in [0.25, 0.3) is 0 Å². The summed E-state index contributed by atoms with van der Waals surface area (Å²) in [6.45, 7) is 6.23. The van der Waals surface area contributed by atoms with E-state index in [1.165, 1.54) is 44.9 Å². The third-order valence-corrected chi connectivity index (χ3v) is 8.87. The second-order valence-electron chi connectivity index (χ2n) is 5.67. The average Bonchev–Trinajstić information content (AvgIpc) is 2.49. The minimum Gasteiger partial charge on any atom is -0.380 e. The van der Waals surface area contributed by atoms with Gasteiger partial charge >= 0.3 is 0 Å². The molecule has 1 nitrogen and oxygen atoms in total. The number of halogens is 4. The summed E-state index contributed by atoms with van der Waals surface area (Å²) in [7, 11) is 0. The molecule has 0 aliphatic rings. The van der Waals surface area contributed by atoms with Crippen molar-refractivity contribution in [3.63, 3.8) is 0 Å².